The lowest BCUT2D eigenvalue weighted by Gasteiger charge is -2.16. The summed E-state index contributed by atoms with van der Waals surface area (Å²) in [7, 11) is 3.24. The molecule has 1 atom stereocenters. The normalized spacial score (nSPS) is 12.0. The van der Waals surface area contributed by atoms with Crippen molar-refractivity contribution in [1.29, 1.82) is 0 Å². The van der Waals surface area contributed by atoms with Gasteiger partial charge in [-0.3, -0.25) is 4.79 Å². The molecule has 2 rings (SSSR count). The Kier molecular flexibility index (Phi) is 5.22. The van der Waals surface area contributed by atoms with Gasteiger partial charge in [-0.25, -0.2) is 0 Å². The zero-order chi connectivity index (χ0) is 16.1. The molecule has 2 aromatic rings. The number of rotatable bonds is 6. The van der Waals surface area contributed by atoms with Crippen LogP contribution in [0.4, 0.5) is 0 Å². The number of hydrogen-bond donors (Lipinski definition) is 1. The van der Waals surface area contributed by atoms with Gasteiger partial charge in [-0.05, 0) is 31.0 Å². The van der Waals surface area contributed by atoms with Gasteiger partial charge >= 0.3 is 5.97 Å². The number of carbonyl (C=O) groups excluding carboxylic acids is 1. The molecule has 5 heteroatoms. The number of ether oxygens (including phenoxy) is 3. The summed E-state index contributed by atoms with van der Waals surface area (Å²) in [6.45, 7) is 2.08. The molecular formula is C17H21NO4. The third-order valence-corrected chi connectivity index (χ3v) is 3.52. The van der Waals surface area contributed by atoms with Crippen molar-refractivity contribution in [2.24, 2.45) is 5.73 Å². The lowest BCUT2D eigenvalue weighted by Crippen LogP contribution is -2.34. The van der Waals surface area contributed by atoms with Crippen LogP contribution in [0.25, 0.3) is 10.8 Å². The van der Waals surface area contributed by atoms with E-state index in [9.17, 15) is 4.79 Å². The fraction of sp³-hybridized carbons (Fsp3) is 0.353. The van der Waals surface area contributed by atoms with Crippen LogP contribution in [0.1, 0.15) is 12.5 Å². The van der Waals surface area contributed by atoms with Crippen LogP contribution in [0.5, 0.6) is 11.5 Å². The molecule has 0 bridgehead atoms. The van der Waals surface area contributed by atoms with Crippen molar-refractivity contribution >= 4 is 16.7 Å². The number of esters is 1. The van der Waals surface area contributed by atoms with E-state index in [-0.39, 0.29) is 0 Å². The van der Waals surface area contributed by atoms with Crippen LogP contribution in [0.2, 0.25) is 0 Å². The van der Waals surface area contributed by atoms with Crippen molar-refractivity contribution in [1.82, 2.24) is 0 Å². The quantitative estimate of drug-likeness (QED) is 0.829. The zero-order valence-electron chi connectivity index (χ0n) is 13.1. The minimum atomic E-state index is -0.707. The minimum absolute atomic E-state index is 0.319. The fourth-order valence-electron chi connectivity index (χ4n) is 2.50. The molecule has 5 nitrogen and oxygen atoms in total. The van der Waals surface area contributed by atoms with Gasteiger partial charge in [-0.1, -0.05) is 18.2 Å². The van der Waals surface area contributed by atoms with Crippen molar-refractivity contribution in [3.63, 3.8) is 0 Å². The van der Waals surface area contributed by atoms with E-state index in [4.69, 9.17) is 19.9 Å². The third-order valence-electron chi connectivity index (χ3n) is 3.52. The molecule has 0 heterocycles. The Hall–Kier alpha value is -2.27. The number of hydrogen-bond acceptors (Lipinski definition) is 5. The number of nitrogens with two attached hydrogens (primary N) is 1. The molecule has 0 saturated carbocycles. The largest absolute Gasteiger partial charge is 0.496 e. The maximum absolute atomic E-state index is 11.8. The summed E-state index contributed by atoms with van der Waals surface area (Å²) >= 11 is 0. The standard InChI is InChI=1S/C17H21NO4/c1-4-22-17(19)13(18)10-11-8-9-14(20-2)12-6-5-7-15(21-3)16(11)12/h5-9,13H,4,10,18H2,1-3H3. The summed E-state index contributed by atoms with van der Waals surface area (Å²) in [6, 6.07) is 8.80. The monoisotopic (exact) mass is 303 g/mol. The number of fused-ring (bicyclic) bond motifs is 1. The van der Waals surface area contributed by atoms with Gasteiger partial charge in [0.25, 0.3) is 0 Å². The van der Waals surface area contributed by atoms with Crippen molar-refractivity contribution in [2.75, 3.05) is 20.8 Å². The van der Waals surface area contributed by atoms with Crippen molar-refractivity contribution in [2.45, 2.75) is 19.4 Å². The molecule has 0 saturated heterocycles. The van der Waals surface area contributed by atoms with Crippen LogP contribution >= 0.6 is 0 Å². The topological polar surface area (TPSA) is 70.8 Å². The molecule has 0 fully saturated rings. The SMILES string of the molecule is CCOC(=O)C(N)Cc1ccc(OC)c2cccc(OC)c12. The van der Waals surface area contributed by atoms with Gasteiger partial charge in [0.1, 0.15) is 17.5 Å². The molecule has 0 aliphatic heterocycles. The van der Waals surface area contributed by atoms with Crippen molar-refractivity contribution in [3.8, 4) is 11.5 Å². The zero-order valence-corrected chi connectivity index (χ0v) is 13.1. The van der Waals surface area contributed by atoms with Gasteiger partial charge in [-0.2, -0.15) is 0 Å². The second-order valence-electron chi connectivity index (χ2n) is 4.87. The lowest BCUT2D eigenvalue weighted by atomic mass is 9.97. The smallest absolute Gasteiger partial charge is 0.323 e. The second-order valence-corrected chi connectivity index (χ2v) is 4.87. The van der Waals surface area contributed by atoms with Gasteiger partial charge in [0.15, 0.2) is 0 Å². The van der Waals surface area contributed by atoms with Crippen molar-refractivity contribution in [3.05, 3.63) is 35.9 Å². The highest BCUT2D eigenvalue weighted by molar-refractivity contribution is 5.96. The molecule has 0 radical (unpaired) electrons. The summed E-state index contributed by atoms with van der Waals surface area (Å²) in [6.07, 6.45) is 0.375. The summed E-state index contributed by atoms with van der Waals surface area (Å²) in [4.78, 5) is 11.8. The first kappa shape index (κ1) is 16.1. The fourth-order valence-corrected chi connectivity index (χ4v) is 2.50. The van der Waals surface area contributed by atoms with E-state index >= 15 is 0 Å². The highest BCUT2D eigenvalue weighted by Crippen LogP contribution is 2.35. The van der Waals surface area contributed by atoms with Gasteiger partial charge in [0.05, 0.1) is 20.8 Å². The highest BCUT2D eigenvalue weighted by Gasteiger charge is 2.19. The average Bonchev–Trinajstić information content (AvgIpc) is 2.54. The molecule has 118 valence electrons. The van der Waals surface area contributed by atoms with E-state index in [0.717, 1.165) is 27.8 Å². The molecule has 2 N–H and O–H groups in total. The number of methoxy groups -OCH3 is 2. The number of benzene rings is 2. The Morgan fingerprint density at radius 3 is 2.50 bits per heavy atom. The molecule has 0 amide bonds. The van der Waals surface area contributed by atoms with Gasteiger partial charge in [0, 0.05) is 10.8 Å². The van der Waals surface area contributed by atoms with E-state index in [1.54, 1.807) is 21.1 Å². The van der Waals surface area contributed by atoms with Gasteiger partial charge < -0.3 is 19.9 Å². The summed E-state index contributed by atoms with van der Waals surface area (Å²) in [5.41, 5.74) is 6.87. The first-order valence-electron chi connectivity index (χ1n) is 7.17. The first-order valence-corrected chi connectivity index (χ1v) is 7.17. The predicted molar refractivity (Wildman–Crippen MR) is 85.4 cm³/mol. The first-order chi connectivity index (χ1) is 10.6. The summed E-state index contributed by atoms with van der Waals surface area (Å²) < 4.78 is 15.8. The van der Waals surface area contributed by atoms with Crippen LogP contribution in [-0.2, 0) is 16.0 Å². The van der Waals surface area contributed by atoms with Crippen LogP contribution < -0.4 is 15.2 Å². The second kappa shape index (κ2) is 7.13. The molecule has 22 heavy (non-hydrogen) atoms. The van der Waals surface area contributed by atoms with E-state index in [1.165, 1.54) is 0 Å². The highest BCUT2D eigenvalue weighted by atomic mass is 16.5. The average molecular weight is 303 g/mol. The third kappa shape index (κ3) is 3.14. The Balaban J connectivity index is 2.48. The molecule has 0 aliphatic rings. The van der Waals surface area contributed by atoms with E-state index in [1.807, 2.05) is 30.3 Å². The van der Waals surface area contributed by atoms with Crippen LogP contribution in [0.15, 0.2) is 30.3 Å². The number of carbonyl (C=O) groups is 1. The Bertz CT molecular complexity index is 669. The maximum atomic E-state index is 11.8. The Morgan fingerprint density at radius 2 is 1.86 bits per heavy atom. The van der Waals surface area contributed by atoms with Crippen LogP contribution in [0, 0.1) is 0 Å². The molecule has 1 unspecified atom stereocenters. The van der Waals surface area contributed by atoms with Crippen molar-refractivity contribution < 1.29 is 19.0 Å². The maximum Gasteiger partial charge on any atom is 0.323 e. The van der Waals surface area contributed by atoms with E-state index < -0.39 is 12.0 Å². The summed E-state index contributed by atoms with van der Waals surface area (Å²) in [5, 5.41) is 1.83. The molecule has 0 spiro atoms. The van der Waals surface area contributed by atoms with Gasteiger partial charge in [0.2, 0.25) is 0 Å². The van der Waals surface area contributed by atoms with Crippen LogP contribution in [0.3, 0.4) is 0 Å². The molecular weight excluding hydrogens is 282 g/mol. The Labute approximate surface area is 130 Å². The summed E-state index contributed by atoms with van der Waals surface area (Å²) in [5.74, 6) is 1.08. The molecule has 0 aromatic heterocycles. The minimum Gasteiger partial charge on any atom is -0.496 e. The molecule has 2 aromatic carbocycles. The van der Waals surface area contributed by atoms with Crippen LogP contribution in [-0.4, -0.2) is 32.8 Å². The van der Waals surface area contributed by atoms with E-state index in [0.29, 0.717) is 13.0 Å². The predicted octanol–water partition coefficient (Wildman–Crippen LogP) is 2.29. The van der Waals surface area contributed by atoms with E-state index in [2.05, 4.69) is 0 Å². The molecule has 0 aliphatic carbocycles. The lowest BCUT2D eigenvalue weighted by molar-refractivity contribution is -0.144. The Morgan fingerprint density at radius 1 is 1.14 bits per heavy atom. The van der Waals surface area contributed by atoms with Gasteiger partial charge in [-0.15, -0.1) is 0 Å².